The number of nitrogens with zero attached hydrogens (tertiary/aromatic N) is 4. The van der Waals surface area contributed by atoms with Crippen molar-refractivity contribution in [3.8, 4) is 28.5 Å². The van der Waals surface area contributed by atoms with E-state index in [1.54, 1.807) is 18.6 Å². The van der Waals surface area contributed by atoms with Crippen molar-refractivity contribution in [2.45, 2.75) is 37.8 Å². The standard InChI is InChI=1S/C22H22N6O/c23-15-5-1-6-16(10-15)29-21-8-2-7-18(26-21)22-17-11-19(14-4-3-9-24-12-14)25-13-20(17)27-28-22/h2-4,7-9,11-13,15-16H,1,5-6,10,23H2,(H,27,28)/t15-,16+/m0/s1. The van der Waals surface area contributed by atoms with Gasteiger partial charge in [-0.1, -0.05) is 6.07 Å². The van der Waals surface area contributed by atoms with Crippen LogP contribution in [0.25, 0.3) is 33.5 Å². The highest BCUT2D eigenvalue weighted by molar-refractivity contribution is 5.93. The van der Waals surface area contributed by atoms with Gasteiger partial charge in [0, 0.05) is 35.5 Å². The number of ether oxygens (including phenoxy) is 1. The van der Waals surface area contributed by atoms with E-state index in [0.29, 0.717) is 5.88 Å². The van der Waals surface area contributed by atoms with E-state index in [1.807, 2.05) is 36.4 Å². The molecule has 0 amide bonds. The van der Waals surface area contributed by atoms with Gasteiger partial charge in [0.05, 0.1) is 23.1 Å². The Balaban J connectivity index is 1.47. The van der Waals surface area contributed by atoms with E-state index in [4.69, 9.17) is 15.5 Å². The van der Waals surface area contributed by atoms with E-state index < -0.39 is 0 Å². The second-order valence-corrected chi connectivity index (χ2v) is 7.46. The van der Waals surface area contributed by atoms with E-state index in [0.717, 1.165) is 59.2 Å². The third-order valence-corrected chi connectivity index (χ3v) is 5.32. The molecule has 0 radical (unpaired) electrons. The molecule has 0 aliphatic heterocycles. The van der Waals surface area contributed by atoms with Crippen molar-refractivity contribution in [2.75, 3.05) is 0 Å². The zero-order valence-electron chi connectivity index (χ0n) is 16.0. The number of aromatic nitrogens is 5. The van der Waals surface area contributed by atoms with Crippen molar-refractivity contribution in [3.63, 3.8) is 0 Å². The molecule has 7 heteroatoms. The lowest BCUT2D eigenvalue weighted by Gasteiger charge is -2.26. The Morgan fingerprint density at radius 1 is 1.07 bits per heavy atom. The highest BCUT2D eigenvalue weighted by atomic mass is 16.5. The molecule has 1 fully saturated rings. The molecule has 0 aromatic carbocycles. The fourth-order valence-electron chi connectivity index (χ4n) is 3.86. The van der Waals surface area contributed by atoms with Gasteiger partial charge in [-0.3, -0.25) is 15.1 Å². The molecule has 146 valence electrons. The molecule has 0 unspecified atom stereocenters. The van der Waals surface area contributed by atoms with Gasteiger partial charge in [0.1, 0.15) is 11.8 Å². The third-order valence-electron chi connectivity index (χ3n) is 5.32. The summed E-state index contributed by atoms with van der Waals surface area (Å²) in [4.78, 5) is 13.4. The number of H-pyrrole nitrogens is 1. The van der Waals surface area contributed by atoms with Crippen molar-refractivity contribution in [1.82, 2.24) is 25.1 Å². The molecule has 1 saturated carbocycles. The van der Waals surface area contributed by atoms with Crippen molar-refractivity contribution >= 4 is 10.9 Å². The molecular formula is C22H22N6O. The van der Waals surface area contributed by atoms with Gasteiger partial charge in [0.25, 0.3) is 0 Å². The Hall–Kier alpha value is -3.32. The Morgan fingerprint density at radius 2 is 2.03 bits per heavy atom. The number of hydrogen-bond donors (Lipinski definition) is 2. The molecule has 2 atom stereocenters. The molecule has 3 N–H and O–H groups in total. The summed E-state index contributed by atoms with van der Waals surface area (Å²) in [5.41, 5.74) is 10.3. The van der Waals surface area contributed by atoms with E-state index in [-0.39, 0.29) is 12.1 Å². The summed E-state index contributed by atoms with van der Waals surface area (Å²) in [7, 11) is 0. The van der Waals surface area contributed by atoms with Crippen LogP contribution in [0, 0.1) is 0 Å². The topological polar surface area (TPSA) is 103 Å². The van der Waals surface area contributed by atoms with Gasteiger partial charge in [-0.25, -0.2) is 4.98 Å². The molecule has 5 rings (SSSR count). The summed E-state index contributed by atoms with van der Waals surface area (Å²) in [6.07, 6.45) is 9.52. The average Bonchev–Trinajstić information content (AvgIpc) is 3.18. The third kappa shape index (κ3) is 3.69. The minimum Gasteiger partial charge on any atom is -0.474 e. The van der Waals surface area contributed by atoms with Gasteiger partial charge in [0.15, 0.2) is 0 Å². The Kier molecular flexibility index (Phi) is 4.65. The molecule has 1 aliphatic rings. The van der Waals surface area contributed by atoms with Gasteiger partial charge in [0.2, 0.25) is 5.88 Å². The van der Waals surface area contributed by atoms with Crippen LogP contribution >= 0.6 is 0 Å². The van der Waals surface area contributed by atoms with E-state index in [9.17, 15) is 0 Å². The zero-order valence-corrected chi connectivity index (χ0v) is 16.0. The highest BCUT2D eigenvalue weighted by Crippen LogP contribution is 2.29. The smallest absolute Gasteiger partial charge is 0.214 e. The molecule has 0 bridgehead atoms. The number of nitrogens with one attached hydrogen (secondary N) is 1. The number of fused-ring (bicyclic) bond motifs is 1. The first-order chi connectivity index (χ1) is 14.3. The van der Waals surface area contributed by atoms with Gasteiger partial charge < -0.3 is 10.5 Å². The lowest BCUT2D eigenvalue weighted by Crippen LogP contribution is -2.33. The molecule has 0 spiro atoms. The molecule has 7 nitrogen and oxygen atoms in total. The molecule has 4 heterocycles. The number of hydrogen-bond acceptors (Lipinski definition) is 6. The van der Waals surface area contributed by atoms with Crippen LogP contribution in [0.1, 0.15) is 25.7 Å². The van der Waals surface area contributed by atoms with Crippen molar-refractivity contribution in [1.29, 1.82) is 0 Å². The molecule has 1 aliphatic carbocycles. The number of aromatic amines is 1. The van der Waals surface area contributed by atoms with Gasteiger partial charge in [-0.05, 0) is 49.9 Å². The van der Waals surface area contributed by atoms with Gasteiger partial charge in [-0.15, -0.1) is 0 Å². The monoisotopic (exact) mass is 386 g/mol. The summed E-state index contributed by atoms with van der Waals surface area (Å²) in [6, 6.07) is 11.9. The number of pyridine rings is 3. The zero-order chi connectivity index (χ0) is 19.6. The fourth-order valence-corrected chi connectivity index (χ4v) is 3.86. The van der Waals surface area contributed by atoms with Gasteiger partial charge >= 0.3 is 0 Å². The van der Waals surface area contributed by atoms with E-state index in [2.05, 4.69) is 20.2 Å². The van der Waals surface area contributed by atoms with Crippen LogP contribution < -0.4 is 10.5 Å². The van der Waals surface area contributed by atoms with Crippen LogP contribution in [0.5, 0.6) is 5.88 Å². The van der Waals surface area contributed by atoms with Crippen LogP contribution in [0.3, 0.4) is 0 Å². The minimum absolute atomic E-state index is 0.124. The van der Waals surface area contributed by atoms with Crippen molar-refractivity contribution in [3.05, 3.63) is 55.0 Å². The summed E-state index contributed by atoms with van der Waals surface area (Å²) in [6.45, 7) is 0. The van der Waals surface area contributed by atoms with Crippen LogP contribution in [-0.4, -0.2) is 37.3 Å². The molecule has 4 aromatic rings. The highest BCUT2D eigenvalue weighted by Gasteiger charge is 2.21. The largest absolute Gasteiger partial charge is 0.474 e. The Bertz CT molecular complexity index is 1130. The van der Waals surface area contributed by atoms with E-state index >= 15 is 0 Å². The van der Waals surface area contributed by atoms with E-state index in [1.165, 1.54) is 0 Å². The minimum atomic E-state index is 0.124. The number of nitrogens with two attached hydrogens (primary N) is 1. The summed E-state index contributed by atoms with van der Waals surface area (Å²) >= 11 is 0. The lowest BCUT2D eigenvalue weighted by molar-refractivity contribution is 0.139. The predicted molar refractivity (Wildman–Crippen MR) is 111 cm³/mol. The normalized spacial score (nSPS) is 19.3. The first kappa shape index (κ1) is 17.8. The SMILES string of the molecule is N[C@H]1CCC[C@@H](Oc2cccc(-c3n[nH]c4cnc(-c5cccnc5)cc34)n2)C1. The second kappa shape index (κ2) is 7.60. The summed E-state index contributed by atoms with van der Waals surface area (Å²) in [5, 5.41) is 8.49. The summed E-state index contributed by atoms with van der Waals surface area (Å²) in [5.74, 6) is 0.610. The Labute approximate surface area is 168 Å². The molecular weight excluding hydrogens is 364 g/mol. The second-order valence-electron chi connectivity index (χ2n) is 7.46. The molecule has 0 saturated heterocycles. The maximum Gasteiger partial charge on any atom is 0.214 e. The molecule has 4 aromatic heterocycles. The predicted octanol–water partition coefficient (Wildman–Crippen LogP) is 3.73. The van der Waals surface area contributed by atoms with Crippen LogP contribution in [0.15, 0.2) is 55.0 Å². The average molecular weight is 386 g/mol. The maximum atomic E-state index is 6.12. The molecule has 29 heavy (non-hydrogen) atoms. The van der Waals surface area contributed by atoms with Crippen LogP contribution in [0.4, 0.5) is 0 Å². The Morgan fingerprint density at radius 3 is 2.90 bits per heavy atom. The number of rotatable bonds is 4. The van der Waals surface area contributed by atoms with Gasteiger partial charge in [-0.2, -0.15) is 5.10 Å². The van der Waals surface area contributed by atoms with Crippen LogP contribution in [0.2, 0.25) is 0 Å². The first-order valence-electron chi connectivity index (χ1n) is 9.90. The quantitative estimate of drug-likeness (QED) is 0.554. The van der Waals surface area contributed by atoms with Crippen molar-refractivity contribution in [2.24, 2.45) is 5.73 Å². The maximum absolute atomic E-state index is 6.12. The fraction of sp³-hybridized carbons (Fsp3) is 0.273. The summed E-state index contributed by atoms with van der Waals surface area (Å²) < 4.78 is 6.12. The lowest BCUT2D eigenvalue weighted by atomic mass is 9.94. The first-order valence-corrected chi connectivity index (χ1v) is 9.90. The van der Waals surface area contributed by atoms with Crippen molar-refractivity contribution < 1.29 is 4.74 Å². The van der Waals surface area contributed by atoms with Crippen LogP contribution in [-0.2, 0) is 0 Å².